The predicted molar refractivity (Wildman–Crippen MR) is 110 cm³/mol. The van der Waals surface area contributed by atoms with E-state index in [4.69, 9.17) is 10.5 Å². The van der Waals surface area contributed by atoms with Crippen LogP contribution in [0.15, 0.2) is 24.3 Å². The molecule has 3 N–H and O–H groups in total. The highest BCUT2D eigenvalue weighted by molar-refractivity contribution is 5.99. The molecule has 150 valence electrons. The predicted octanol–water partition coefficient (Wildman–Crippen LogP) is 3.53. The second-order valence-corrected chi connectivity index (χ2v) is 8.81. The van der Waals surface area contributed by atoms with E-state index in [0.29, 0.717) is 19.1 Å². The number of nitrogens with one attached hydrogen (secondary N) is 1. The van der Waals surface area contributed by atoms with Gasteiger partial charge >= 0.3 is 0 Å². The van der Waals surface area contributed by atoms with Gasteiger partial charge in [-0.1, -0.05) is 32.4 Å². The van der Waals surface area contributed by atoms with Gasteiger partial charge in [0.25, 0.3) is 0 Å². The van der Waals surface area contributed by atoms with Crippen LogP contribution in [0.1, 0.15) is 58.9 Å². The summed E-state index contributed by atoms with van der Waals surface area (Å²) in [7, 11) is 0. The van der Waals surface area contributed by atoms with E-state index >= 15 is 0 Å². The maximum Gasteiger partial charge on any atom is 0.245 e. The molecule has 3 unspecified atom stereocenters. The quantitative estimate of drug-likeness (QED) is 0.800. The van der Waals surface area contributed by atoms with Crippen molar-refractivity contribution in [3.63, 3.8) is 0 Å². The molecule has 1 aliphatic carbocycles. The van der Waals surface area contributed by atoms with Gasteiger partial charge in [-0.05, 0) is 50.9 Å². The molecule has 1 saturated carbocycles. The molecule has 1 heterocycles. The number of amides is 1. The summed E-state index contributed by atoms with van der Waals surface area (Å²) in [6, 6.07) is 8.83. The number of piperidine rings is 1. The number of likely N-dealkylation sites (tertiary alicyclic amines) is 1. The van der Waals surface area contributed by atoms with Crippen molar-refractivity contribution in [3.8, 4) is 0 Å². The lowest BCUT2D eigenvalue weighted by molar-refractivity contribution is -0.166. The molecule has 0 bridgehead atoms. The molecule has 3 atom stereocenters. The maximum absolute atomic E-state index is 12.8. The van der Waals surface area contributed by atoms with Crippen LogP contribution < -0.4 is 11.1 Å². The Hall–Kier alpha value is -1.43. The number of nitrogens with zero attached hydrogens (tertiary/aromatic N) is 1. The summed E-state index contributed by atoms with van der Waals surface area (Å²) >= 11 is 0. The molecule has 2 fully saturated rings. The molecule has 1 aromatic carbocycles. The van der Waals surface area contributed by atoms with Crippen molar-refractivity contribution in [2.75, 3.05) is 18.5 Å². The number of ether oxygens (including phenoxy) is 1. The summed E-state index contributed by atoms with van der Waals surface area (Å²) in [4.78, 5) is 15.4. The molecule has 27 heavy (non-hydrogen) atoms. The van der Waals surface area contributed by atoms with Crippen molar-refractivity contribution in [2.24, 2.45) is 11.1 Å². The van der Waals surface area contributed by atoms with Crippen LogP contribution in [-0.2, 0) is 16.1 Å². The highest BCUT2D eigenvalue weighted by atomic mass is 16.5. The minimum absolute atomic E-state index is 0.0344. The number of carbonyl (C=O) groups excluding carboxylic acids is 1. The number of hydrogen-bond donors (Lipinski definition) is 2. The van der Waals surface area contributed by atoms with Gasteiger partial charge < -0.3 is 15.8 Å². The van der Waals surface area contributed by atoms with E-state index in [1.165, 1.54) is 31.4 Å². The average Bonchev–Trinajstić information content (AvgIpc) is 2.64. The number of rotatable bonds is 6. The van der Waals surface area contributed by atoms with Crippen LogP contribution in [0.2, 0.25) is 0 Å². The summed E-state index contributed by atoms with van der Waals surface area (Å²) in [6.45, 7) is 11.1. The Morgan fingerprint density at radius 2 is 2.00 bits per heavy atom. The molecule has 1 aromatic rings. The van der Waals surface area contributed by atoms with Crippen molar-refractivity contribution in [2.45, 2.75) is 77.6 Å². The third-order valence-electron chi connectivity index (χ3n) is 6.77. The molecule has 5 nitrogen and oxygen atoms in total. The Morgan fingerprint density at radius 1 is 1.30 bits per heavy atom. The Bertz CT molecular complexity index is 658. The SMILES string of the molecule is CCOC1CC(N)(C(=O)Nc2ccc(CN3CCCCC3C)cc2)C1(C)C. The van der Waals surface area contributed by atoms with Gasteiger partial charge in [0, 0.05) is 36.7 Å². The second-order valence-electron chi connectivity index (χ2n) is 8.81. The van der Waals surface area contributed by atoms with E-state index in [1.807, 2.05) is 32.9 Å². The number of hydrogen-bond acceptors (Lipinski definition) is 4. The fraction of sp³-hybridized carbons (Fsp3) is 0.682. The van der Waals surface area contributed by atoms with Crippen LogP contribution in [0.25, 0.3) is 0 Å². The van der Waals surface area contributed by atoms with Crippen molar-refractivity contribution >= 4 is 11.6 Å². The van der Waals surface area contributed by atoms with Crippen LogP contribution >= 0.6 is 0 Å². The molecule has 1 saturated heterocycles. The van der Waals surface area contributed by atoms with E-state index in [1.54, 1.807) is 0 Å². The van der Waals surface area contributed by atoms with Gasteiger partial charge in [-0.3, -0.25) is 9.69 Å². The smallest absolute Gasteiger partial charge is 0.245 e. The summed E-state index contributed by atoms with van der Waals surface area (Å²) in [5.41, 5.74) is 7.27. The molecule has 1 aliphatic heterocycles. The molecular weight excluding hydrogens is 338 g/mol. The largest absolute Gasteiger partial charge is 0.378 e. The van der Waals surface area contributed by atoms with Gasteiger partial charge in [0.2, 0.25) is 5.91 Å². The first-order valence-corrected chi connectivity index (χ1v) is 10.3. The maximum atomic E-state index is 12.8. The Morgan fingerprint density at radius 3 is 2.59 bits per heavy atom. The topological polar surface area (TPSA) is 67.6 Å². The highest BCUT2D eigenvalue weighted by Gasteiger charge is 2.62. The second kappa shape index (κ2) is 7.90. The van der Waals surface area contributed by atoms with Gasteiger partial charge in [0.1, 0.15) is 5.54 Å². The van der Waals surface area contributed by atoms with Crippen LogP contribution in [0, 0.1) is 5.41 Å². The first-order valence-electron chi connectivity index (χ1n) is 10.3. The monoisotopic (exact) mass is 373 g/mol. The zero-order valence-corrected chi connectivity index (χ0v) is 17.3. The highest BCUT2D eigenvalue weighted by Crippen LogP contribution is 2.50. The first kappa shape index (κ1) is 20.3. The standard InChI is InChI=1S/C22H35N3O2/c1-5-27-19-14-22(23,21(19,3)4)20(26)24-18-11-9-17(10-12-18)15-25-13-7-6-8-16(25)2/h9-12,16,19H,5-8,13-15,23H2,1-4H3,(H,24,26). The number of carbonyl (C=O) groups is 1. The number of anilines is 1. The zero-order valence-electron chi connectivity index (χ0n) is 17.3. The molecule has 2 aliphatic rings. The number of nitrogens with two attached hydrogens (primary N) is 1. The summed E-state index contributed by atoms with van der Waals surface area (Å²) in [5, 5.41) is 3.01. The summed E-state index contributed by atoms with van der Waals surface area (Å²) in [6.07, 6.45) is 4.50. The van der Waals surface area contributed by atoms with E-state index in [2.05, 4.69) is 29.3 Å². The fourth-order valence-electron chi connectivity index (χ4n) is 4.38. The van der Waals surface area contributed by atoms with E-state index in [9.17, 15) is 4.79 Å². The third-order valence-corrected chi connectivity index (χ3v) is 6.77. The molecule has 5 heteroatoms. The van der Waals surface area contributed by atoms with Crippen molar-refractivity contribution < 1.29 is 9.53 Å². The van der Waals surface area contributed by atoms with Gasteiger partial charge in [0.15, 0.2) is 0 Å². The van der Waals surface area contributed by atoms with Gasteiger partial charge in [-0.15, -0.1) is 0 Å². The number of benzene rings is 1. The zero-order chi connectivity index (χ0) is 19.7. The van der Waals surface area contributed by atoms with Crippen LogP contribution in [0.4, 0.5) is 5.69 Å². The molecule has 0 radical (unpaired) electrons. The van der Waals surface area contributed by atoms with E-state index in [-0.39, 0.29) is 17.4 Å². The van der Waals surface area contributed by atoms with Crippen LogP contribution in [0.5, 0.6) is 0 Å². The van der Waals surface area contributed by atoms with E-state index in [0.717, 1.165) is 12.2 Å². The van der Waals surface area contributed by atoms with Crippen molar-refractivity contribution in [1.29, 1.82) is 0 Å². The molecule has 0 spiro atoms. The van der Waals surface area contributed by atoms with Gasteiger partial charge in [-0.25, -0.2) is 0 Å². The lowest BCUT2D eigenvalue weighted by atomic mass is 9.54. The van der Waals surface area contributed by atoms with Crippen molar-refractivity contribution in [1.82, 2.24) is 4.90 Å². The van der Waals surface area contributed by atoms with Crippen molar-refractivity contribution in [3.05, 3.63) is 29.8 Å². The molecule has 1 amide bonds. The van der Waals surface area contributed by atoms with Gasteiger partial charge in [-0.2, -0.15) is 0 Å². The van der Waals surface area contributed by atoms with E-state index < -0.39 is 5.54 Å². The van der Waals surface area contributed by atoms with Gasteiger partial charge in [0.05, 0.1) is 6.10 Å². The molecule has 3 rings (SSSR count). The normalized spacial score (nSPS) is 30.6. The summed E-state index contributed by atoms with van der Waals surface area (Å²) < 4.78 is 5.72. The fourth-order valence-corrected chi connectivity index (χ4v) is 4.38. The average molecular weight is 374 g/mol. The summed E-state index contributed by atoms with van der Waals surface area (Å²) in [5.74, 6) is -0.124. The lowest BCUT2D eigenvalue weighted by Crippen LogP contribution is -2.74. The lowest BCUT2D eigenvalue weighted by Gasteiger charge is -2.57. The van der Waals surface area contributed by atoms with Crippen LogP contribution in [-0.4, -0.2) is 41.6 Å². The first-order chi connectivity index (χ1) is 12.8. The molecule has 0 aromatic heterocycles. The minimum atomic E-state index is -0.894. The Kier molecular flexibility index (Phi) is 5.94. The third kappa shape index (κ3) is 3.91. The minimum Gasteiger partial charge on any atom is -0.378 e. The van der Waals surface area contributed by atoms with Crippen LogP contribution in [0.3, 0.4) is 0 Å². The Balaban J connectivity index is 1.59. The molecular formula is C22H35N3O2. The Labute approximate surface area is 163 Å².